The second kappa shape index (κ2) is 15.3. The molecule has 0 aliphatic rings. The Morgan fingerprint density at radius 3 is 2.35 bits per heavy atom. The van der Waals surface area contributed by atoms with Crippen molar-refractivity contribution in [2.75, 3.05) is 31.0 Å². The van der Waals surface area contributed by atoms with Crippen molar-refractivity contribution in [3.8, 4) is 22.6 Å². The topological polar surface area (TPSA) is 148 Å². The van der Waals surface area contributed by atoms with Crippen LogP contribution >= 0.6 is 0 Å². The molecule has 11 heteroatoms. The predicted molar refractivity (Wildman–Crippen MR) is 175 cm³/mol. The van der Waals surface area contributed by atoms with E-state index in [4.69, 9.17) is 14.6 Å². The number of rotatable bonds is 14. The minimum Gasteiger partial charge on any atom is -0.495 e. The van der Waals surface area contributed by atoms with Crippen LogP contribution in [0.1, 0.15) is 52.0 Å². The summed E-state index contributed by atoms with van der Waals surface area (Å²) in [5.74, 6) is -0.749. The number of carbonyl (C=O) groups excluding carboxylic acids is 2. The maximum absolute atomic E-state index is 13.6. The largest absolute Gasteiger partial charge is 0.495 e. The first-order valence-corrected chi connectivity index (χ1v) is 14.7. The zero-order valence-corrected chi connectivity index (χ0v) is 25.8. The van der Waals surface area contributed by atoms with E-state index in [0.717, 1.165) is 5.56 Å². The van der Waals surface area contributed by atoms with Crippen LogP contribution in [0.4, 0.5) is 17.1 Å². The second-order valence-corrected chi connectivity index (χ2v) is 10.6. The molecule has 2 N–H and O–H groups in total. The first-order valence-electron chi connectivity index (χ1n) is 14.7. The van der Waals surface area contributed by atoms with Gasteiger partial charge in [-0.05, 0) is 91.4 Å². The number of amides is 2. The number of anilines is 2. The molecule has 0 saturated carbocycles. The van der Waals surface area contributed by atoms with Crippen molar-refractivity contribution >= 4 is 34.8 Å². The molecule has 2 amide bonds. The molecule has 4 rings (SSSR count). The normalized spacial score (nSPS) is 10.6. The number of carbonyl (C=O) groups is 3. The molecule has 4 aromatic rings. The van der Waals surface area contributed by atoms with Gasteiger partial charge in [-0.1, -0.05) is 24.3 Å². The number of nitro benzene ring substituents is 1. The number of unbranched alkanes of at least 4 members (excludes halogenated alkanes) is 2. The molecule has 4 aromatic carbocycles. The van der Waals surface area contributed by atoms with Crippen LogP contribution < -0.4 is 19.7 Å². The maximum Gasteiger partial charge on any atom is 0.303 e. The van der Waals surface area contributed by atoms with E-state index in [2.05, 4.69) is 5.32 Å². The Morgan fingerprint density at radius 1 is 0.913 bits per heavy atom. The Bertz CT molecular complexity index is 1740. The van der Waals surface area contributed by atoms with E-state index in [1.165, 1.54) is 24.1 Å². The van der Waals surface area contributed by atoms with Gasteiger partial charge in [-0.3, -0.25) is 24.5 Å². The van der Waals surface area contributed by atoms with Crippen LogP contribution in [0.15, 0.2) is 84.9 Å². The molecule has 0 fully saturated rings. The fraction of sp³-hybridized carbons (Fsp3) is 0.229. The Labute approximate surface area is 266 Å². The first kappa shape index (κ1) is 33.2. The van der Waals surface area contributed by atoms with E-state index in [9.17, 15) is 24.5 Å². The van der Waals surface area contributed by atoms with Gasteiger partial charge in [-0.2, -0.15) is 0 Å². The Morgan fingerprint density at radius 2 is 1.65 bits per heavy atom. The minimum absolute atomic E-state index is 0.0493. The number of aliphatic carboxylic acids is 1. The van der Waals surface area contributed by atoms with E-state index in [1.807, 2.05) is 19.1 Å². The van der Waals surface area contributed by atoms with Gasteiger partial charge in [-0.15, -0.1) is 0 Å². The Kier molecular flexibility index (Phi) is 11.1. The smallest absolute Gasteiger partial charge is 0.303 e. The highest BCUT2D eigenvalue weighted by molar-refractivity contribution is 6.10. The third-order valence-electron chi connectivity index (χ3n) is 7.33. The number of nitrogens with zero attached hydrogens (tertiary/aromatic N) is 2. The van der Waals surface area contributed by atoms with Crippen molar-refractivity contribution in [3.05, 3.63) is 112 Å². The molecular formula is C35H35N3O8. The van der Waals surface area contributed by atoms with Crippen LogP contribution in [-0.2, 0) is 4.79 Å². The fourth-order valence-corrected chi connectivity index (χ4v) is 4.87. The van der Waals surface area contributed by atoms with Crippen LogP contribution in [0.5, 0.6) is 11.5 Å². The SMILES string of the molecule is COc1cc(C(=O)N(C)c2ccc(C)cc2OCCCCCC(=O)O)ccc1NC(=O)c1ccccc1-c1ccc([N+](=O)[O-])cc1. The molecule has 11 nitrogen and oxygen atoms in total. The fourth-order valence-electron chi connectivity index (χ4n) is 4.87. The Balaban J connectivity index is 1.50. The number of hydrogen-bond donors (Lipinski definition) is 2. The molecule has 0 bridgehead atoms. The number of hydrogen-bond acceptors (Lipinski definition) is 7. The molecule has 0 unspecified atom stereocenters. The van der Waals surface area contributed by atoms with E-state index in [0.29, 0.717) is 65.2 Å². The lowest BCUT2D eigenvalue weighted by molar-refractivity contribution is -0.384. The van der Waals surface area contributed by atoms with Crippen LogP contribution in [0, 0.1) is 17.0 Å². The number of nitro groups is 1. The third kappa shape index (κ3) is 8.26. The van der Waals surface area contributed by atoms with E-state index >= 15 is 0 Å². The van der Waals surface area contributed by atoms with Gasteiger partial charge in [0.2, 0.25) is 0 Å². The summed E-state index contributed by atoms with van der Waals surface area (Å²) in [4.78, 5) is 49.8. The number of methoxy groups -OCH3 is 1. The summed E-state index contributed by atoms with van der Waals surface area (Å²) < 4.78 is 11.5. The molecule has 0 atom stereocenters. The molecule has 238 valence electrons. The van der Waals surface area contributed by atoms with E-state index in [-0.39, 0.29) is 23.8 Å². The quantitative estimate of drug-likeness (QED) is 0.0854. The van der Waals surface area contributed by atoms with Crippen molar-refractivity contribution in [2.24, 2.45) is 0 Å². The monoisotopic (exact) mass is 625 g/mol. The molecule has 0 spiro atoms. The number of benzene rings is 4. The lowest BCUT2D eigenvalue weighted by atomic mass is 9.99. The van der Waals surface area contributed by atoms with Gasteiger partial charge >= 0.3 is 5.97 Å². The van der Waals surface area contributed by atoms with Gasteiger partial charge in [0.25, 0.3) is 17.5 Å². The zero-order valence-electron chi connectivity index (χ0n) is 25.8. The van der Waals surface area contributed by atoms with Gasteiger partial charge in [0.1, 0.15) is 11.5 Å². The molecule has 0 radical (unpaired) electrons. The molecule has 0 heterocycles. The average Bonchev–Trinajstić information content (AvgIpc) is 3.05. The van der Waals surface area contributed by atoms with Crippen LogP contribution in [-0.4, -0.2) is 48.6 Å². The highest BCUT2D eigenvalue weighted by Gasteiger charge is 2.21. The summed E-state index contributed by atoms with van der Waals surface area (Å²) in [6, 6.07) is 23.1. The lowest BCUT2D eigenvalue weighted by Gasteiger charge is -2.22. The summed E-state index contributed by atoms with van der Waals surface area (Å²) >= 11 is 0. The zero-order chi connectivity index (χ0) is 33.2. The number of non-ortho nitro benzene ring substituents is 1. The van der Waals surface area contributed by atoms with Gasteiger partial charge in [-0.25, -0.2) is 0 Å². The third-order valence-corrected chi connectivity index (χ3v) is 7.33. The highest BCUT2D eigenvalue weighted by atomic mass is 16.6. The summed E-state index contributed by atoms with van der Waals surface area (Å²) in [6.45, 7) is 2.31. The lowest BCUT2D eigenvalue weighted by Crippen LogP contribution is -2.27. The van der Waals surface area contributed by atoms with Crippen LogP contribution in [0.3, 0.4) is 0 Å². The van der Waals surface area contributed by atoms with Crippen molar-refractivity contribution in [1.29, 1.82) is 0 Å². The number of ether oxygens (including phenoxy) is 2. The van der Waals surface area contributed by atoms with E-state index in [1.54, 1.807) is 67.7 Å². The second-order valence-electron chi connectivity index (χ2n) is 10.6. The summed E-state index contributed by atoms with van der Waals surface area (Å²) in [6.07, 6.45) is 2.09. The Hall–Kier alpha value is -5.71. The van der Waals surface area contributed by atoms with Gasteiger partial charge in [0.15, 0.2) is 0 Å². The predicted octanol–water partition coefficient (Wildman–Crippen LogP) is 7.13. The van der Waals surface area contributed by atoms with E-state index < -0.39 is 16.8 Å². The van der Waals surface area contributed by atoms with Gasteiger partial charge < -0.3 is 24.8 Å². The first-order chi connectivity index (χ1) is 22.1. The van der Waals surface area contributed by atoms with Gasteiger partial charge in [0, 0.05) is 36.7 Å². The molecule has 0 saturated heterocycles. The summed E-state index contributed by atoms with van der Waals surface area (Å²) in [7, 11) is 3.08. The molecule has 0 aliphatic carbocycles. The van der Waals surface area contributed by atoms with Crippen molar-refractivity contribution in [3.63, 3.8) is 0 Å². The van der Waals surface area contributed by atoms with Crippen molar-refractivity contribution in [1.82, 2.24) is 0 Å². The van der Waals surface area contributed by atoms with Crippen LogP contribution in [0.2, 0.25) is 0 Å². The number of carboxylic acids is 1. The number of nitrogens with one attached hydrogen (secondary N) is 1. The van der Waals surface area contributed by atoms with Gasteiger partial charge in [0.05, 0.1) is 30.0 Å². The maximum atomic E-state index is 13.6. The summed E-state index contributed by atoms with van der Waals surface area (Å²) in [5, 5.41) is 22.7. The molecule has 46 heavy (non-hydrogen) atoms. The molecular weight excluding hydrogens is 590 g/mol. The molecule has 0 aromatic heterocycles. The summed E-state index contributed by atoms with van der Waals surface area (Å²) in [5.41, 5.74) is 3.75. The minimum atomic E-state index is -0.820. The van der Waals surface area contributed by atoms with Crippen LogP contribution in [0.25, 0.3) is 11.1 Å². The standard InChI is InChI=1S/C35H35N3O8/c1-23-12-19-30(32(21-23)46-20-8-4-5-11-33(39)40)37(2)35(42)25-15-18-29(31(22-25)45-3)36-34(41)28-10-7-6-9-27(28)24-13-16-26(17-14-24)38(43)44/h6-7,9-10,12-19,21-22H,4-5,8,11,20H2,1-3H3,(H,36,41)(H,39,40). The number of aryl methyl sites for hydroxylation is 1. The van der Waals surface area contributed by atoms with Crippen molar-refractivity contribution < 1.29 is 33.9 Å². The molecule has 0 aliphatic heterocycles. The van der Waals surface area contributed by atoms with Crippen molar-refractivity contribution in [2.45, 2.75) is 32.6 Å². The highest BCUT2D eigenvalue weighted by Crippen LogP contribution is 2.33. The average molecular weight is 626 g/mol. The number of carboxylic acid groups (broad SMARTS) is 1.